The topological polar surface area (TPSA) is 176 Å². The first-order valence-corrected chi connectivity index (χ1v) is 25.4. The van der Waals surface area contributed by atoms with Gasteiger partial charge in [-0.25, -0.2) is 20.4 Å². The molecule has 4 aromatic heterocycles. The van der Waals surface area contributed by atoms with Crippen LogP contribution in [-0.2, 0) is 30.3 Å². The number of pyridine rings is 1. The predicted octanol–water partition coefficient (Wildman–Crippen LogP) is 5.46. The fraction of sp³-hybridized carbons (Fsp3) is 0.566. The van der Waals surface area contributed by atoms with Crippen molar-refractivity contribution in [2.45, 2.75) is 114 Å². The van der Waals surface area contributed by atoms with Gasteiger partial charge in [0, 0.05) is 115 Å². The van der Waals surface area contributed by atoms with E-state index < -0.39 is 35.4 Å². The van der Waals surface area contributed by atoms with Crippen molar-refractivity contribution < 1.29 is 28.3 Å². The predicted molar refractivity (Wildman–Crippen MR) is 260 cm³/mol. The van der Waals surface area contributed by atoms with E-state index in [1.807, 2.05) is 32.2 Å². The number of cyclic esters (lactones) is 1. The standard InChI is InChI=1S/C53H65N11O6/c1-30-42(38-15-18-54-29-56-38)43(30)48(65)58-45-47(62-26-53(27-62)16-20-60(53)5)49-57-40(25-69-49)32-11-14-41-36(21-32)37(22-52(3,4)28-70-51(67)39-10-8-19-63(59-39)50(45)66)46(35-9-7-17-55-44(35)31(2)68-6)64(41)34-23-61(24-34)33-12-13-33/h7,9,11,14-15,17-18,21,25,29-31,33-34,39,42-43,45,47,59H,8,10,12-13,16,19-20,22-24,26-28H2,1-6H3,(H,58,65)/t30-,31-,39-,42-,43+,45-,47-/m0/s1. The van der Waals surface area contributed by atoms with Gasteiger partial charge in [-0.3, -0.25) is 39.1 Å². The number of benzene rings is 1. The summed E-state index contributed by atoms with van der Waals surface area (Å²) >= 11 is 0. The number of nitrogens with one attached hydrogen (secondary N) is 2. The maximum Gasteiger partial charge on any atom is 0.324 e. The number of carbonyl (C=O) groups excluding carboxylic acids is 3. The molecule has 1 aromatic carbocycles. The minimum atomic E-state index is -1.10. The molecule has 0 unspecified atom stereocenters. The van der Waals surface area contributed by atoms with E-state index in [1.54, 1.807) is 19.6 Å². The number of amides is 2. The lowest BCUT2D eigenvalue weighted by atomic mass is 9.76. The Hall–Kier alpha value is -5.59. The van der Waals surface area contributed by atoms with Crippen molar-refractivity contribution in [2.24, 2.45) is 17.3 Å². The number of esters is 1. The lowest BCUT2D eigenvalue weighted by Crippen LogP contribution is -2.77. The van der Waals surface area contributed by atoms with Gasteiger partial charge >= 0.3 is 5.97 Å². The molecule has 2 saturated carbocycles. The Labute approximate surface area is 408 Å². The van der Waals surface area contributed by atoms with Crippen LogP contribution in [0.25, 0.3) is 33.4 Å². The van der Waals surface area contributed by atoms with Gasteiger partial charge in [0.1, 0.15) is 36.4 Å². The van der Waals surface area contributed by atoms with Crippen molar-refractivity contribution >= 4 is 28.7 Å². The third kappa shape index (κ3) is 7.83. The number of hydrogen-bond donors (Lipinski definition) is 2. The van der Waals surface area contributed by atoms with Gasteiger partial charge in [-0.15, -0.1) is 0 Å². The van der Waals surface area contributed by atoms with Crippen LogP contribution in [0.4, 0.5) is 0 Å². The summed E-state index contributed by atoms with van der Waals surface area (Å²) in [6, 6.07) is 10.9. The molecule has 6 fully saturated rings. The summed E-state index contributed by atoms with van der Waals surface area (Å²) in [7, 11) is 3.87. The molecule has 5 aliphatic heterocycles. The number of oxazole rings is 1. The third-order valence-electron chi connectivity index (χ3n) is 16.9. The van der Waals surface area contributed by atoms with E-state index in [-0.39, 0.29) is 47.9 Å². The highest BCUT2D eigenvalue weighted by Crippen LogP contribution is 2.54. The van der Waals surface area contributed by atoms with Crippen LogP contribution in [0, 0.1) is 17.3 Å². The summed E-state index contributed by atoms with van der Waals surface area (Å²) in [5, 5.41) is 5.87. The molecule has 12 rings (SSSR count). The van der Waals surface area contributed by atoms with E-state index in [1.165, 1.54) is 24.2 Å². The minimum absolute atomic E-state index is 0.00755. The van der Waals surface area contributed by atoms with Gasteiger partial charge in [-0.05, 0) is 94.3 Å². The van der Waals surface area contributed by atoms with Gasteiger partial charge in [0.15, 0.2) is 0 Å². The number of likely N-dealkylation sites (tertiary alicyclic amines) is 3. The van der Waals surface area contributed by atoms with Gasteiger partial charge in [0.05, 0.1) is 30.1 Å². The molecule has 7 aliphatic rings. The Morgan fingerprint density at radius 2 is 1.84 bits per heavy atom. The third-order valence-corrected chi connectivity index (χ3v) is 16.9. The Morgan fingerprint density at radius 3 is 2.57 bits per heavy atom. The lowest BCUT2D eigenvalue weighted by Gasteiger charge is -2.63. The number of aromatic nitrogens is 5. The zero-order chi connectivity index (χ0) is 48.2. The lowest BCUT2D eigenvalue weighted by molar-refractivity contribution is -0.160. The van der Waals surface area contributed by atoms with Crippen LogP contribution >= 0.6 is 0 Å². The fourth-order valence-corrected chi connectivity index (χ4v) is 12.4. The van der Waals surface area contributed by atoms with Gasteiger partial charge in [0.25, 0.3) is 5.91 Å². The number of fused-ring (bicyclic) bond motifs is 6. The van der Waals surface area contributed by atoms with Crippen molar-refractivity contribution in [3.8, 4) is 22.5 Å². The van der Waals surface area contributed by atoms with E-state index >= 15 is 4.79 Å². The Bertz CT molecular complexity index is 2830. The van der Waals surface area contributed by atoms with Crippen LogP contribution in [0.15, 0.2) is 65.8 Å². The van der Waals surface area contributed by atoms with Crippen molar-refractivity contribution in [2.75, 3.05) is 60.0 Å². The molecule has 368 valence electrons. The molecule has 2 N–H and O–H groups in total. The maximum absolute atomic E-state index is 15.3. The summed E-state index contributed by atoms with van der Waals surface area (Å²) in [4.78, 5) is 70.2. The average molecular weight is 952 g/mol. The highest BCUT2D eigenvalue weighted by molar-refractivity contribution is 5.95. The first kappa shape index (κ1) is 45.5. The molecule has 0 radical (unpaired) electrons. The monoisotopic (exact) mass is 952 g/mol. The molecule has 7 atom stereocenters. The van der Waals surface area contributed by atoms with Crippen molar-refractivity contribution in [1.29, 1.82) is 0 Å². The van der Waals surface area contributed by atoms with E-state index in [9.17, 15) is 9.59 Å². The molecule has 1 spiro atoms. The number of carbonyl (C=O) groups is 3. The van der Waals surface area contributed by atoms with Gasteiger partial charge in [-0.2, -0.15) is 0 Å². The maximum atomic E-state index is 15.3. The van der Waals surface area contributed by atoms with Crippen LogP contribution in [0.3, 0.4) is 0 Å². The van der Waals surface area contributed by atoms with Crippen molar-refractivity contribution in [3.63, 3.8) is 0 Å². The molecule has 70 heavy (non-hydrogen) atoms. The Balaban J connectivity index is 0.998. The number of methoxy groups -OCH3 is 1. The number of ether oxygens (including phenoxy) is 2. The summed E-state index contributed by atoms with van der Waals surface area (Å²) in [5.74, 6) is -1.16. The van der Waals surface area contributed by atoms with Crippen LogP contribution < -0.4 is 10.7 Å². The Kier molecular flexibility index (Phi) is 11.3. The fourth-order valence-electron chi connectivity index (χ4n) is 12.4. The average Bonchev–Trinajstić information content (AvgIpc) is 4.22. The molecule has 2 amide bonds. The summed E-state index contributed by atoms with van der Waals surface area (Å²) in [5.41, 5.74) is 10.3. The highest BCUT2D eigenvalue weighted by Gasteiger charge is 2.58. The van der Waals surface area contributed by atoms with Crippen LogP contribution in [0.5, 0.6) is 0 Å². The SMILES string of the molecule is CO[C@@H](C)c1ncccc1-c1c2c3cc(ccc3n1C1CN(C3CC3)C1)-c1coc(n1)[C@@H](N1CC3(CCN3C)C1)[C@H](NC(=O)[C@@H]1[C@@H](C)[C@H]1c1ccncn1)C(=O)N1CCC[C@H](N1)C(=O)OCC(C)(C)C2. The molecule has 17 heteroatoms. The zero-order valence-corrected chi connectivity index (χ0v) is 41.1. The number of likely N-dealkylation sites (N-methyl/N-ethyl adjacent to an activating group) is 1. The van der Waals surface area contributed by atoms with Gasteiger partial charge in [0.2, 0.25) is 11.8 Å². The second-order valence-electron chi connectivity index (χ2n) is 22.2. The molecule has 17 nitrogen and oxygen atoms in total. The van der Waals surface area contributed by atoms with Crippen molar-refractivity contribution in [1.82, 2.24) is 55.0 Å². The Morgan fingerprint density at radius 1 is 1.01 bits per heavy atom. The van der Waals surface area contributed by atoms with E-state index in [0.29, 0.717) is 56.5 Å². The first-order chi connectivity index (χ1) is 33.8. The van der Waals surface area contributed by atoms with Gasteiger partial charge in [-0.1, -0.05) is 26.8 Å². The van der Waals surface area contributed by atoms with Crippen LogP contribution in [-0.4, -0.2) is 146 Å². The zero-order valence-electron chi connectivity index (χ0n) is 41.1. The normalized spacial score (nSPS) is 28.6. The van der Waals surface area contributed by atoms with Crippen LogP contribution in [0.1, 0.15) is 107 Å². The van der Waals surface area contributed by atoms with E-state index in [0.717, 1.165) is 70.7 Å². The van der Waals surface area contributed by atoms with Crippen LogP contribution in [0.2, 0.25) is 0 Å². The highest BCUT2D eigenvalue weighted by atomic mass is 16.5. The number of nitrogens with zero attached hydrogens (tertiary/aromatic N) is 9. The quantitative estimate of drug-likeness (QED) is 0.178. The molecular formula is C53H65N11O6. The summed E-state index contributed by atoms with van der Waals surface area (Å²) in [6.07, 6.45) is 11.7. The minimum Gasteiger partial charge on any atom is -0.464 e. The molecule has 5 aromatic rings. The molecule has 6 bridgehead atoms. The second kappa shape index (κ2) is 17.3. The first-order valence-electron chi connectivity index (χ1n) is 25.4. The number of hydrogen-bond acceptors (Lipinski definition) is 14. The van der Waals surface area contributed by atoms with Crippen molar-refractivity contribution in [3.05, 3.63) is 84.2 Å². The smallest absolute Gasteiger partial charge is 0.324 e. The molecule has 4 saturated heterocycles. The number of hydrazine groups is 1. The van der Waals surface area contributed by atoms with E-state index in [4.69, 9.17) is 23.9 Å². The molecule has 2 aliphatic carbocycles. The largest absolute Gasteiger partial charge is 0.464 e. The molecular weight excluding hydrogens is 887 g/mol. The van der Waals surface area contributed by atoms with E-state index in [2.05, 4.69) is 85.1 Å². The summed E-state index contributed by atoms with van der Waals surface area (Å²) < 4.78 is 21.4. The summed E-state index contributed by atoms with van der Waals surface area (Å²) in [6.45, 7) is 13.2. The number of rotatable bonds is 9. The van der Waals surface area contributed by atoms with Gasteiger partial charge < -0.3 is 23.8 Å². The molecule has 9 heterocycles. The second-order valence-corrected chi connectivity index (χ2v) is 22.2.